The monoisotopic (exact) mass is 349 g/mol. The standard InChI is InChI=1S/C11H13BrClN3OS/c1-18(17)5-4-16-10(2-3-13)15-9-6-8(12)7-14-11(9)16/h6-7H,2-5H2,1H3. The zero-order valence-corrected chi connectivity index (χ0v) is 13.1. The second-order valence-corrected chi connectivity index (χ2v) is 6.74. The van der Waals surface area contributed by atoms with Crippen LogP contribution in [0, 0.1) is 0 Å². The summed E-state index contributed by atoms with van der Waals surface area (Å²) in [4.78, 5) is 8.90. The van der Waals surface area contributed by atoms with Crippen LogP contribution in [0.5, 0.6) is 0 Å². The fourth-order valence-corrected chi connectivity index (χ4v) is 2.69. The number of rotatable bonds is 5. The number of halogens is 2. The molecule has 98 valence electrons. The van der Waals surface area contributed by atoms with Crippen molar-refractivity contribution in [2.75, 3.05) is 17.9 Å². The number of nitrogens with zero attached hydrogens (tertiary/aromatic N) is 3. The van der Waals surface area contributed by atoms with Gasteiger partial charge in [0.1, 0.15) is 11.3 Å². The van der Waals surface area contributed by atoms with Gasteiger partial charge in [-0.2, -0.15) is 0 Å². The van der Waals surface area contributed by atoms with Crippen LogP contribution in [0.3, 0.4) is 0 Å². The summed E-state index contributed by atoms with van der Waals surface area (Å²) in [5, 5.41) is 0. The summed E-state index contributed by atoms with van der Waals surface area (Å²) in [6.45, 7) is 0.653. The molecular formula is C11H13BrClN3OS. The Morgan fingerprint density at radius 3 is 3.00 bits per heavy atom. The lowest BCUT2D eigenvalue weighted by atomic mass is 10.4. The van der Waals surface area contributed by atoms with Gasteiger partial charge in [-0.3, -0.25) is 4.21 Å². The van der Waals surface area contributed by atoms with E-state index in [-0.39, 0.29) is 0 Å². The van der Waals surface area contributed by atoms with Gasteiger partial charge >= 0.3 is 0 Å². The van der Waals surface area contributed by atoms with E-state index < -0.39 is 10.8 Å². The van der Waals surface area contributed by atoms with E-state index in [1.807, 2.05) is 10.6 Å². The molecular weight excluding hydrogens is 338 g/mol. The van der Waals surface area contributed by atoms with Crippen molar-refractivity contribution in [2.45, 2.75) is 13.0 Å². The van der Waals surface area contributed by atoms with Gasteiger partial charge in [0.05, 0.1) is 0 Å². The quantitative estimate of drug-likeness (QED) is 0.778. The number of pyridine rings is 1. The second-order valence-electron chi connectivity index (χ2n) is 3.89. The summed E-state index contributed by atoms with van der Waals surface area (Å²) in [5.74, 6) is 2.01. The summed E-state index contributed by atoms with van der Waals surface area (Å²) in [5.41, 5.74) is 1.66. The van der Waals surface area contributed by atoms with Crippen molar-refractivity contribution in [3.05, 3.63) is 22.6 Å². The highest BCUT2D eigenvalue weighted by Gasteiger charge is 2.12. The third kappa shape index (κ3) is 3.10. The summed E-state index contributed by atoms with van der Waals surface area (Å²) >= 11 is 9.17. The number of hydrogen-bond acceptors (Lipinski definition) is 3. The molecule has 0 aliphatic heterocycles. The molecule has 0 aliphatic carbocycles. The highest BCUT2D eigenvalue weighted by atomic mass is 79.9. The van der Waals surface area contributed by atoms with Crippen molar-refractivity contribution in [1.29, 1.82) is 0 Å². The molecule has 0 aromatic carbocycles. The Balaban J connectivity index is 2.44. The molecule has 0 radical (unpaired) electrons. The molecule has 2 aromatic heterocycles. The zero-order valence-electron chi connectivity index (χ0n) is 9.90. The van der Waals surface area contributed by atoms with E-state index in [2.05, 4.69) is 25.9 Å². The maximum absolute atomic E-state index is 11.2. The van der Waals surface area contributed by atoms with Gasteiger partial charge in [0, 0.05) is 52.3 Å². The van der Waals surface area contributed by atoms with Gasteiger partial charge in [-0.25, -0.2) is 9.97 Å². The average molecular weight is 351 g/mol. The van der Waals surface area contributed by atoms with E-state index >= 15 is 0 Å². The molecule has 18 heavy (non-hydrogen) atoms. The van der Waals surface area contributed by atoms with Crippen LogP contribution in [-0.2, 0) is 23.8 Å². The van der Waals surface area contributed by atoms with Crippen LogP contribution in [0.2, 0.25) is 0 Å². The van der Waals surface area contributed by atoms with Crippen LogP contribution in [0.25, 0.3) is 11.2 Å². The zero-order chi connectivity index (χ0) is 13.1. The molecule has 0 fully saturated rings. The smallest absolute Gasteiger partial charge is 0.160 e. The van der Waals surface area contributed by atoms with E-state index in [1.165, 1.54) is 0 Å². The first-order valence-electron chi connectivity index (χ1n) is 5.48. The third-order valence-corrected chi connectivity index (χ3v) is 3.93. The predicted octanol–water partition coefficient (Wildman–Crippen LogP) is 2.35. The number of alkyl halides is 1. The van der Waals surface area contributed by atoms with E-state index in [1.54, 1.807) is 12.5 Å². The largest absolute Gasteiger partial charge is 0.312 e. The van der Waals surface area contributed by atoms with E-state index in [9.17, 15) is 4.21 Å². The number of imidazole rings is 1. The first kappa shape index (κ1) is 14.0. The Bertz CT molecular complexity index is 587. The van der Waals surface area contributed by atoms with Gasteiger partial charge in [0.25, 0.3) is 0 Å². The minimum atomic E-state index is -0.828. The molecule has 2 rings (SSSR count). The molecule has 2 heterocycles. The van der Waals surface area contributed by atoms with Crippen LogP contribution >= 0.6 is 27.5 Å². The Hall–Kier alpha value is -0.460. The first-order valence-corrected chi connectivity index (χ1v) is 8.54. The molecule has 7 heteroatoms. The van der Waals surface area contributed by atoms with Crippen molar-refractivity contribution in [2.24, 2.45) is 0 Å². The van der Waals surface area contributed by atoms with Gasteiger partial charge < -0.3 is 4.57 Å². The summed E-state index contributed by atoms with van der Waals surface area (Å²) in [6, 6.07) is 1.93. The van der Waals surface area contributed by atoms with Crippen molar-refractivity contribution < 1.29 is 4.21 Å². The summed E-state index contributed by atoms with van der Waals surface area (Å²) < 4.78 is 14.1. The number of aryl methyl sites for hydroxylation is 2. The molecule has 0 saturated heterocycles. The molecule has 2 aromatic rings. The fraction of sp³-hybridized carbons (Fsp3) is 0.455. The molecule has 0 bridgehead atoms. The normalized spacial score (nSPS) is 13.1. The maximum atomic E-state index is 11.2. The van der Waals surface area contributed by atoms with Gasteiger partial charge in [0.2, 0.25) is 0 Å². The summed E-state index contributed by atoms with van der Waals surface area (Å²) in [7, 11) is -0.828. The lowest BCUT2D eigenvalue weighted by Crippen LogP contribution is -2.11. The van der Waals surface area contributed by atoms with Gasteiger partial charge in [-0.1, -0.05) is 0 Å². The van der Waals surface area contributed by atoms with Crippen LogP contribution < -0.4 is 0 Å². The van der Waals surface area contributed by atoms with E-state index in [4.69, 9.17) is 11.6 Å². The van der Waals surface area contributed by atoms with Gasteiger partial charge in [0.15, 0.2) is 5.65 Å². The van der Waals surface area contributed by atoms with E-state index in [0.717, 1.165) is 21.5 Å². The van der Waals surface area contributed by atoms with E-state index in [0.29, 0.717) is 24.6 Å². The molecule has 1 unspecified atom stereocenters. The molecule has 4 nitrogen and oxygen atoms in total. The average Bonchev–Trinajstić information content (AvgIpc) is 2.63. The highest BCUT2D eigenvalue weighted by Crippen LogP contribution is 2.19. The van der Waals surface area contributed by atoms with Crippen LogP contribution in [-0.4, -0.2) is 36.6 Å². The van der Waals surface area contributed by atoms with Crippen molar-refractivity contribution in [3.63, 3.8) is 0 Å². The molecule has 1 atom stereocenters. The van der Waals surface area contributed by atoms with Crippen molar-refractivity contribution >= 4 is 49.5 Å². The number of hydrogen-bond donors (Lipinski definition) is 0. The van der Waals surface area contributed by atoms with Crippen molar-refractivity contribution in [1.82, 2.24) is 14.5 Å². The second kappa shape index (κ2) is 6.12. The Kier molecular flexibility index (Phi) is 4.75. The van der Waals surface area contributed by atoms with Gasteiger partial charge in [-0.15, -0.1) is 11.6 Å². The minimum absolute atomic E-state index is 0.514. The fourth-order valence-electron chi connectivity index (χ4n) is 1.76. The predicted molar refractivity (Wildman–Crippen MR) is 78.6 cm³/mol. The number of aromatic nitrogens is 3. The Morgan fingerprint density at radius 2 is 2.33 bits per heavy atom. The van der Waals surface area contributed by atoms with Crippen LogP contribution in [0.1, 0.15) is 5.82 Å². The van der Waals surface area contributed by atoms with Crippen LogP contribution in [0.4, 0.5) is 0 Å². The van der Waals surface area contributed by atoms with Crippen LogP contribution in [0.15, 0.2) is 16.7 Å². The SMILES string of the molecule is CS(=O)CCn1c(CCCl)nc2cc(Br)cnc21. The molecule has 0 N–H and O–H groups in total. The summed E-state index contributed by atoms with van der Waals surface area (Å²) in [6.07, 6.45) is 4.13. The maximum Gasteiger partial charge on any atom is 0.160 e. The first-order chi connectivity index (χ1) is 8.61. The lowest BCUT2D eigenvalue weighted by Gasteiger charge is -2.06. The van der Waals surface area contributed by atoms with Gasteiger partial charge in [-0.05, 0) is 22.0 Å². The molecule has 0 aliphatic rings. The molecule has 0 spiro atoms. The lowest BCUT2D eigenvalue weighted by molar-refractivity contribution is 0.673. The Morgan fingerprint density at radius 1 is 1.56 bits per heavy atom. The third-order valence-electron chi connectivity index (χ3n) is 2.55. The minimum Gasteiger partial charge on any atom is -0.312 e. The molecule has 0 saturated carbocycles. The molecule has 0 amide bonds. The van der Waals surface area contributed by atoms with Crippen molar-refractivity contribution in [3.8, 4) is 0 Å². The highest BCUT2D eigenvalue weighted by molar-refractivity contribution is 9.10. The Labute approximate surface area is 121 Å². The number of fused-ring (bicyclic) bond motifs is 1. The topological polar surface area (TPSA) is 47.8 Å².